The fourth-order valence-electron chi connectivity index (χ4n) is 2.02. The van der Waals surface area contributed by atoms with Crippen LogP contribution in [0.2, 0.25) is 0 Å². The van der Waals surface area contributed by atoms with Crippen LogP contribution in [0.5, 0.6) is 5.75 Å². The Morgan fingerprint density at radius 1 is 1.21 bits per heavy atom. The van der Waals surface area contributed by atoms with Gasteiger partial charge in [-0.2, -0.15) is 0 Å². The highest BCUT2D eigenvalue weighted by molar-refractivity contribution is 9.11. The summed E-state index contributed by atoms with van der Waals surface area (Å²) in [6, 6.07) is 4.58. The summed E-state index contributed by atoms with van der Waals surface area (Å²) in [4.78, 5) is 2.51. The van der Waals surface area contributed by atoms with Crippen molar-refractivity contribution in [3.8, 4) is 5.75 Å². The van der Waals surface area contributed by atoms with E-state index in [9.17, 15) is 5.11 Å². The molecule has 0 aliphatic rings. The Hall–Kier alpha value is -0.0600. The van der Waals surface area contributed by atoms with E-state index in [1.807, 2.05) is 12.1 Å². The van der Waals surface area contributed by atoms with Crippen LogP contribution < -0.4 is 0 Å². The maximum absolute atomic E-state index is 9.75. The van der Waals surface area contributed by atoms with Gasteiger partial charge in [0, 0.05) is 12.6 Å². The molecule has 1 atom stereocenters. The molecule has 0 saturated carbocycles. The van der Waals surface area contributed by atoms with Crippen molar-refractivity contribution in [2.75, 3.05) is 6.54 Å². The van der Waals surface area contributed by atoms with E-state index >= 15 is 0 Å². The van der Waals surface area contributed by atoms with Gasteiger partial charge in [0.1, 0.15) is 5.75 Å². The van der Waals surface area contributed by atoms with E-state index in [1.54, 1.807) is 0 Å². The molecule has 0 saturated heterocycles. The lowest BCUT2D eigenvalue weighted by Crippen LogP contribution is -2.33. The summed E-state index contributed by atoms with van der Waals surface area (Å²) in [5.74, 6) is 0.271. The minimum Gasteiger partial charge on any atom is -0.506 e. The van der Waals surface area contributed by atoms with Gasteiger partial charge in [0.05, 0.1) is 8.95 Å². The summed E-state index contributed by atoms with van der Waals surface area (Å²) < 4.78 is 1.49. The molecule has 0 spiro atoms. The lowest BCUT2D eigenvalue weighted by Gasteiger charge is -2.28. The highest BCUT2D eigenvalue weighted by Crippen LogP contribution is 2.33. The molecule has 0 bridgehead atoms. The van der Waals surface area contributed by atoms with Gasteiger partial charge in [0.25, 0.3) is 0 Å². The molecule has 0 fully saturated rings. The molecule has 0 aliphatic heterocycles. The average molecular weight is 393 g/mol. The zero-order valence-electron chi connectivity index (χ0n) is 11.9. The highest BCUT2D eigenvalue weighted by atomic mass is 79.9. The van der Waals surface area contributed by atoms with Gasteiger partial charge in [-0.15, -0.1) is 0 Å². The van der Waals surface area contributed by atoms with Gasteiger partial charge < -0.3 is 5.11 Å². The second kappa shape index (κ2) is 8.28. The standard InChI is InChI=1S/C15H23Br2NO/c1-4-6-7-18(11(3)5-2)10-12-8-13(16)15(19)14(17)9-12/h8-9,11,19H,4-7,10H2,1-3H3. The Kier molecular flexibility index (Phi) is 7.40. The molecular formula is C15H23Br2NO. The summed E-state index contributed by atoms with van der Waals surface area (Å²) in [6.07, 6.45) is 3.60. The van der Waals surface area contributed by atoms with Gasteiger partial charge in [-0.1, -0.05) is 20.3 Å². The molecule has 0 aliphatic carbocycles. The number of unbranched alkanes of at least 4 members (excludes halogenated alkanes) is 1. The van der Waals surface area contributed by atoms with E-state index < -0.39 is 0 Å². The lowest BCUT2D eigenvalue weighted by molar-refractivity contribution is 0.192. The topological polar surface area (TPSA) is 23.5 Å². The average Bonchev–Trinajstić information content (AvgIpc) is 2.39. The number of hydrogen-bond donors (Lipinski definition) is 1. The third-order valence-electron chi connectivity index (χ3n) is 3.48. The molecular weight excluding hydrogens is 370 g/mol. The normalized spacial score (nSPS) is 12.9. The fourth-order valence-corrected chi connectivity index (χ4v) is 3.30. The number of benzene rings is 1. The summed E-state index contributed by atoms with van der Waals surface area (Å²) in [5, 5.41) is 9.75. The van der Waals surface area contributed by atoms with Gasteiger partial charge in [-0.25, -0.2) is 0 Å². The minimum absolute atomic E-state index is 0.271. The largest absolute Gasteiger partial charge is 0.506 e. The SMILES string of the molecule is CCCCN(Cc1cc(Br)c(O)c(Br)c1)C(C)CC. The molecule has 1 rings (SSSR count). The Balaban J connectivity index is 2.83. The van der Waals surface area contributed by atoms with Crippen LogP contribution in [0.4, 0.5) is 0 Å². The Morgan fingerprint density at radius 2 is 1.79 bits per heavy atom. The maximum atomic E-state index is 9.75. The Morgan fingerprint density at radius 3 is 2.26 bits per heavy atom. The summed E-state index contributed by atoms with van der Waals surface area (Å²) >= 11 is 6.79. The molecule has 2 nitrogen and oxygen atoms in total. The molecule has 1 N–H and O–H groups in total. The highest BCUT2D eigenvalue weighted by Gasteiger charge is 2.14. The van der Waals surface area contributed by atoms with Crippen LogP contribution in [0.1, 0.15) is 45.6 Å². The monoisotopic (exact) mass is 391 g/mol. The van der Waals surface area contributed by atoms with Crippen molar-refractivity contribution in [1.82, 2.24) is 4.90 Å². The zero-order chi connectivity index (χ0) is 14.4. The summed E-state index contributed by atoms with van der Waals surface area (Å²) in [5.41, 5.74) is 1.22. The molecule has 0 amide bonds. The van der Waals surface area contributed by atoms with Crippen LogP contribution in [0.25, 0.3) is 0 Å². The number of nitrogens with zero attached hydrogens (tertiary/aromatic N) is 1. The number of rotatable bonds is 7. The third kappa shape index (κ3) is 5.09. The third-order valence-corrected chi connectivity index (χ3v) is 4.68. The van der Waals surface area contributed by atoms with Crippen LogP contribution in [0.3, 0.4) is 0 Å². The van der Waals surface area contributed by atoms with Gasteiger partial charge in [-0.05, 0) is 75.9 Å². The molecule has 0 radical (unpaired) electrons. The van der Waals surface area contributed by atoms with E-state index in [-0.39, 0.29) is 5.75 Å². The molecule has 19 heavy (non-hydrogen) atoms. The number of phenolic OH excluding ortho intramolecular Hbond substituents is 1. The Labute approximate surface area is 133 Å². The number of phenols is 1. The summed E-state index contributed by atoms with van der Waals surface area (Å²) in [6.45, 7) is 8.78. The summed E-state index contributed by atoms with van der Waals surface area (Å²) in [7, 11) is 0. The van der Waals surface area contributed by atoms with Crippen molar-refractivity contribution in [1.29, 1.82) is 0 Å². The van der Waals surface area contributed by atoms with E-state index in [0.29, 0.717) is 6.04 Å². The number of aromatic hydroxyl groups is 1. The van der Waals surface area contributed by atoms with E-state index in [2.05, 4.69) is 57.5 Å². The van der Waals surface area contributed by atoms with Crippen molar-refractivity contribution >= 4 is 31.9 Å². The van der Waals surface area contributed by atoms with Crippen LogP contribution in [-0.2, 0) is 6.54 Å². The van der Waals surface area contributed by atoms with Gasteiger partial charge >= 0.3 is 0 Å². The smallest absolute Gasteiger partial charge is 0.143 e. The van der Waals surface area contributed by atoms with Crippen molar-refractivity contribution in [2.24, 2.45) is 0 Å². The predicted octanol–water partition coefficient (Wildman–Crippen LogP) is 5.32. The van der Waals surface area contributed by atoms with E-state index in [4.69, 9.17) is 0 Å². The molecule has 1 unspecified atom stereocenters. The zero-order valence-corrected chi connectivity index (χ0v) is 15.1. The number of halogens is 2. The minimum atomic E-state index is 0.271. The van der Waals surface area contributed by atoms with Crippen LogP contribution >= 0.6 is 31.9 Å². The van der Waals surface area contributed by atoms with Gasteiger partial charge in [-0.3, -0.25) is 4.90 Å². The van der Waals surface area contributed by atoms with E-state index in [0.717, 1.165) is 28.5 Å². The van der Waals surface area contributed by atoms with Crippen LogP contribution in [0.15, 0.2) is 21.1 Å². The second-order valence-electron chi connectivity index (χ2n) is 4.99. The maximum Gasteiger partial charge on any atom is 0.143 e. The van der Waals surface area contributed by atoms with Crippen molar-refractivity contribution in [3.05, 3.63) is 26.6 Å². The van der Waals surface area contributed by atoms with Crippen molar-refractivity contribution in [3.63, 3.8) is 0 Å². The first-order chi connectivity index (χ1) is 8.99. The fraction of sp³-hybridized carbons (Fsp3) is 0.600. The lowest BCUT2D eigenvalue weighted by atomic mass is 10.1. The molecule has 0 heterocycles. The first-order valence-corrected chi connectivity index (χ1v) is 8.49. The molecule has 4 heteroatoms. The second-order valence-corrected chi connectivity index (χ2v) is 6.70. The predicted molar refractivity (Wildman–Crippen MR) is 88.6 cm³/mol. The molecule has 1 aromatic rings. The first-order valence-electron chi connectivity index (χ1n) is 6.90. The first kappa shape index (κ1) is 17.0. The quantitative estimate of drug-likeness (QED) is 0.678. The Bertz CT molecular complexity index is 386. The molecule has 1 aromatic carbocycles. The van der Waals surface area contributed by atoms with Gasteiger partial charge in [0.2, 0.25) is 0 Å². The van der Waals surface area contributed by atoms with E-state index in [1.165, 1.54) is 18.4 Å². The van der Waals surface area contributed by atoms with Gasteiger partial charge in [0.15, 0.2) is 0 Å². The molecule has 0 aromatic heterocycles. The molecule has 108 valence electrons. The van der Waals surface area contributed by atoms with Crippen LogP contribution in [-0.4, -0.2) is 22.6 Å². The number of hydrogen-bond acceptors (Lipinski definition) is 2. The van der Waals surface area contributed by atoms with Crippen molar-refractivity contribution < 1.29 is 5.11 Å². The van der Waals surface area contributed by atoms with Crippen molar-refractivity contribution in [2.45, 2.75) is 52.6 Å². The van der Waals surface area contributed by atoms with Crippen LogP contribution in [0, 0.1) is 0 Å².